The van der Waals surface area contributed by atoms with E-state index in [2.05, 4.69) is 4.99 Å². The minimum atomic E-state index is 0.0454. The van der Waals surface area contributed by atoms with Crippen LogP contribution in [-0.2, 0) is 16.0 Å². The Morgan fingerprint density at radius 2 is 1.65 bits per heavy atom. The molecule has 0 amide bonds. The molecule has 1 aromatic carbocycles. The third-order valence-corrected chi connectivity index (χ3v) is 2.71. The number of hydrogen-bond donors (Lipinski definition) is 0. The minimum absolute atomic E-state index is 0.0454. The number of allylic oxidation sites excluding steroid dienone is 2. The van der Waals surface area contributed by atoms with Crippen molar-refractivity contribution in [3.05, 3.63) is 47.2 Å². The van der Waals surface area contributed by atoms with Crippen molar-refractivity contribution in [2.45, 2.75) is 41.0 Å². The summed E-state index contributed by atoms with van der Waals surface area (Å²) in [6.07, 6.45) is 0.600. The largest absolute Gasteiger partial charge is 0.484 e. The van der Waals surface area contributed by atoms with Crippen molar-refractivity contribution in [3.63, 3.8) is 0 Å². The zero-order valence-corrected chi connectivity index (χ0v) is 13.4. The number of carbonyl (C=O) groups is 1. The number of rotatable bonds is 4. The van der Waals surface area contributed by atoms with E-state index in [0.29, 0.717) is 18.0 Å². The zero-order chi connectivity index (χ0) is 15.5. The average molecular weight is 275 g/mol. The molecule has 0 bridgehead atoms. The molecule has 0 aliphatic heterocycles. The van der Waals surface area contributed by atoms with Gasteiger partial charge in [0, 0.05) is 24.6 Å². The second kappa shape index (κ2) is 9.96. The van der Waals surface area contributed by atoms with Gasteiger partial charge in [0.2, 0.25) is 0 Å². The fourth-order valence-electron chi connectivity index (χ4n) is 1.66. The molecule has 0 fully saturated rings. The Balaban J connectivity index is 0.00000172. The molecule has 0 atom stereocenters. The van der Waals surface area contributed by atoms with Gasteiger partial charge >= 0.3 is 0 Å². The van der Waals surface area contributed by atoms with Crippen LogP contribution < -0.4 is 0 Å². The molecule has 0 N–H and O–H groups in total. The number of hydrogen-bond acceptors (Lipinski definition) is 3. The molecule has 0 saturated heterocycles. The van der Waals surface area contributed by atoms with Crippen LogP contribution in [0.5, 0.6) is 0 Å². The van der Waals surface area contributed by atoms with E-state index in [1.165, 1.54) is 0 Å². The van der Waals surface area contributed by atoms with E-state index in [1.54, 1.807) is 21.0 Å². The Hall–Kier alpha value is -1.90. The van der Waals surface area contributed by atoms with Gasteiger partial charge in [-0.05, 0) is 19.4 Å². The molecule has 110 valence electrons. The van der Waals surface area contributed by atoms with Crippen LogP contribution in [0.2, 0.25) is 0 Å². The van der Waals surface area contributed by atoms with E-state index in [9.17, 15) is 4.79 Å². The first-order valence-electron chi connectivity index (χ1n) is 6.88. The fourth-order valence-corrected chi connectivity index (χ4v) is 1.66. The van der Waals surface area contributed by atoms with Crippen LogP contribution in [-0.4, -0.2) is 18.8 Å². The lowest BCUT2D eigenvalue weighted by Gasteiger charge is -2.07. The van der Waals surface area contributed by atoms with Gasteiger partial charge in [0.05, 0.1) is 7.11 Å². The standard InChI is InChI=1S/C15H19NO2.C2H6/c1-11(16-13(3)18-4)15(12(2)17)10-14-8-6-5-7-9-14;1-2/h5-9H,10H2,1-4H3;1-2H3/b15-11-,16-13?;. The van der Waals surface area contributed by atoms with Crippen LogP contribution in [0.1, 0.15) is 40.2 Å². The van der Waals surface area contributed by atoms with E-state index in [0.717, 1.165) is 11.1 Å². The number of benzene rings is 1. The molecule has 0 aromatic heterocycles. The highest BCUT2D eigenvalue weighted by atomic mass is 16.5. The third-order valence-electron chi connectivity index (χ3n) is 2.71. The average Bonchev–Trinajstić information content (AvgIpc) is 2.47. The SMILES string of the molecule is CC.COC(C)=N/C(C)=C(/Cc1ccccc1)C(C)=O. The first-order valence-corrected chi connectivity index (χ1v) is 6.88. The second-order valence-corrected chi connectivity index (χ2v) is 4.12. The van der Waals surface area contributed by atoms with Gasteiger partial charge in [-0.25, -0.2) is 4.99 Å². The highest BCUT2D eigenvalue weighted by molar-refractivity contribution is 5.94. The van der Waals surface area contributed by atoms with E-state index in [-0.39, 0.29) is 5.78 Å². The number of ether oxygens (including phenoxy) is 1. The lowest BCUT2D eigenvalue weighted by atomic mass is 10.0. The van der Waals surface area contributed by atoms with Crippen LogP contribution in [0.15, 0.2) is 46.6 Å². The number of aliphatic imine (C=N–C) groups is 1. The molecule has 0 aliphatic rings. The van der Waals surface area contributed by atoms with Gasteiger partial charge in [0.1, 0.15) is 0 Å². The summed E-state index contributed by atoms with van der Waals surface area (Å²) in [5.41, 5.74) is 2.54. The maximum atomic E-state index is 11.7. The highest BCUT2D eigenvalue weighted by Gasteiger charge is 2.09. The van der Waals surface area contributed by atoms with Gasteiger partial charge in [-0.15, -0.1) is 0 Å². The van der Waals surface area contributed by atoms with Crippen LogP contribution in [0.3, 0.4) is 0 Å². The van der Waals surface area contributed by atoms with Crippen LogP contribution >= 0.6 is 0 Å². The van der Waals surface area contributed by atoms with Gasteiger partial charge in [-0.2, -0.15) is 0 Å². The van der Waals surface area contributed by atoms with Gasteiger partial charge in [0.15, 0.2) is 11.7 Å². The van der Waals surface area contributed by atoms with Crippen molar-refractivity contribution in [2.75, 3.05) is 7.11 Å². The van der Waals surface area contributed by atoms with E-state index in [4.69, 9.17) is 4.74 Å². The van der Waals surface area contributed by atoms with Crippen molar-refractivity contribution in [1.29, 1.82) is 0 Å². The van der Waals surface area contributed by atoms with Crippen LogP contribution in [0, 0.1) is 0 Å². The predicted octanol–water partition coefficient (Wildman–Crippen LogP) is 4.18. The summed E-state index contributed by atoms with van der Waals surface area (Å²) in [5, 5.41) is 0. The Morgan fingerprint density at radius 1 is 1.10 bits per heavy atom. The van der Waals surface area contributed by atoms with Crippen molar-refractivity contribution in [2.24, 2.45) is 4.99 Å². The monoisotopic (exact) mass is 275 g/mol. The lowest BCUT2D eigenvalue weighted by molar-refractivity contribution is -0.113. The number of ketones is 1. The second-order valence-electron chi connectivity index (χ2n) is 4.12. The fraction of sp³-hybridized carbons (Fsp3) is 0.412. The lowest BCUT2D eigenvalue weighted by Crippen LogP contribution is -2.05. The first-order chi connectivity index (χ1) is 9.54. The molecule has 3 heteroatoms. The molecular formula is C17H25NO2. The molecule has 0 heterocycles. The van der Waals surface area contributed by atoms with Gasteiger partial charge in [0.25, 0.3) is 0 Å². The molecule has 0 saturated carbocycles. The molecular weight excluding hydrogens is 250 g/mol. The number of nitrogens with zero attached hydrogens (tertiary/aromatic N) is 1. The van der Waals surface area contributed by atoms with Gasteiger partial charge in [-0.3, -0.25) is 4.79 Å². The van der Waals surface area contributed by atoms with Crippen molar-refractivity contribution in [1.82, 2.24) is 0 Å². The highest BCUT2D eigenvalue weighted by Crippen LogP contribution is 2.14. The summed E-state index contributed by atoms with van der Waals surface area (Å²) in [5.74, 6) is 0.600. The smallest absolute Gasteiger partial charge is 0.184 e. The Kier molecular flexibility index (Phi) is 9.01. The summed E-state index contributed by atoms with van der Waals surface area (Å²) in [6.45, 7) is 9.17. The topological polar surface area (TPSA) is 38.7 Å². The van der Waals surface area contributed by atoms with Crippen molar-refractivity contribution >= 4 is 11.7 Å². The molecule has 20 heavy (non-hydrogen) atoms. The van der Waals surface area contributed by atoms with Crippen molar-refractivity contribution < 1.29 is 9.53 Å². The zero-order valence-electron chi connectivity index (χ0n) is 13.4. The third kappa shape index (κ3) is 6.32. The predicted molar refractivity (Wildman–Crippen MR) is 85.0 cm³/mol. The Bertz CT molecular complexity index is 473. The van der Waals surface area contributed by atoms with Crippen LogP contribution in [0.4, 0.5) is 0 Å². The number of Topliss-reactive ketones (excluding diaryl/α,β-unsaturated/α-hetero) is 1. The summed E-state index contributed by atoms with van der Waals surface area (Å²) in [4.78, 5) is 16.0. The maximum Gasteiger partial charge on any atom is 0.184 e. The first kappa shape index (κ1) is 18.1. The van der Waals surface area contributed by atoms with Gasteiger partial charge in [-0.1, -0.05) is 44.2 Å². The minimum Gasteiger partial charge on any atom is -0.484 e. The summed E-state index contributed by atoms with van der Waals surface area (Å²) < 4.78 is 5.01. The Morgan fingerprint density at radius 3 is 2.10 bits per heavy atom. The molecule has 0 unspecified atom stereocenters. The molecule has 0 radical (unpaired) electrons. The normalized spacial score (nSPS) is 12.0. The quantitative estimate of drug-likeness (QED) is 0.469. The molecule has 1 rings (SSSR count). The van der Waals surface area contributed by atoms with E-state index >= 15 is 0 Å². The summed E-state index contributed by atoms with van der Waals surface area (Å²) in [7, 11) is 1.57. The molecule has 3 nitrogen and oxygen atoms in total. The summed E-state index contributed by atoms with van der Waals surface area (Å²) in [6, 6.07) is 9.89. The molecule has 1 aromatic rings. The Labute approximate surface area is 122 Å². The van der Waals surface area contributed by atoms with Crippen LogP contribution in [0.25, 0.3) is 0 Å². The van der Waals surface area contributed by atoms with E-state index < -0.39 is 0 Å². The molecule has 0 spiro atoms. The summed E-state index contributed by atoms with van der Waals surface area (Å²) >= 11 is 0. The molecule has 0 aliphatic carbocycles. The van der Waals surface area contributed by atoms with E-state index in [1.807, 2.05) is 51.1 Å². The van der Waals surface area contributed by atoms with Crippen molar-refractivity contribution in [3.8, 4) is 0 Å². The number of carbonyl (C=O) groups excluding carboxylic acids is 1. The maximum absolute atomic E-state index is 11.7. The number of methoxy groups -OCH3 is 1. The van der Waals surface area contributed by atoms with Gasteiger partial charge < -0.3 is 4.74 Å².